The van der Waals surface area contributed by atoms with Crippen molar-refractivity contribution in [3.8, 4) is 0 Å². The van der Waals surface area contributed by atoms with E-state index in [9.17, 15) is 22.0 Å². The van der Waals surface area contributed by atoms with Gasteiger partial charge in [-0.3, -0.25) is 9.10 Å². The van der Waals surface area contributed by atoms with Crippen LogP contribution in [0.25, 0.3) is 0 Å². The highest BCUT2D eigenvalue weighted by Crippen LogP contribution is 2.25. The van der Waals surface area contributed by atoms with Crippen molar-refractivity contribution in [3.63, 3.8) is 0 Å². The monoisotopic (exact) mass is 410 g/mol. The van der Waals surface area contributed by atoms with Gasteiger partial charge in [0.05, 0.1) is 6.26 Å². The maximum atomic E-state index is 14.0. The molecule has 1 N–H and O–H groups in total. The predicted molar refractivity (Wildman–Crippen MR) is 106 cm³/mol. The number of benzene rings is 2. The first-order valence-corrected chi connectivity index (χ1v) is 10.8. The first-order valence-electron chi connectivity index (χ1n) is 8.93. The van der Waals surface area contributed by atoms with Gasteiger partial charge >= 0.3 is 0 Å². The average Bonchev–Trinajstić information content (AvgIpc) is 2.64. The Morgan fingerprint density at radius 1 is 1.07 bits per heavy atom. The number of hydrogen-bond donors (Lipinski definition) is 1. The van der Waals surface area contributed by atoms with Gasteiger partial charge in [0.2, 0.25) is 15.9 Å². The molecule has 1 atom stereocenters. The molecule has 2 rings (SSSR count). The van der Waals surface area contributed by atoms with Crippen LogP contribution in [0.2, 0.25) is 0 Å². The van der Waals surface area contributed by atoms with E-state index in [0.717, 1.165) is 30.0 Å². The zero-order valence-electron chi connectivity index (χ0n) is 15.9. The minimum atomic E-state index is -3.90. The average molecular weight is 410 g/mol. The van der Waals surface area contributed by atoms with Crippen LogP contribution < -0.4 is 9.62 Å². The summed E-state index contributed by atoms with van der Waals surface area (Å²) in [5, 5.41) is 2.80. The van der Waals surface area contributed by atoms with E-state index in [1.165, 1.54) is 0 Å². The first-order chi connectivity index (χ1) is 13.2. The molecule has 0 aliphatic rings. The molecule has 0 aliphatic carbocycles. The van der Waals surface area contributed by atoms with Gasteiger partial charge in [0.15, 0.2) is 11.6 Å². The molecule has 5 nitrogen and oxygen atoms in total. The fraction of sp³-hybridized carbons (Fsp3) is 0.350. The highest BCUT2D eigenvalue weighted by Gasteiger charge is 2.24. The molecule has 1 unspecified atom stereocenters. The van der Waals surface area contributed by atoms with Crippen molar-refractivity contribution in [2.24, 2.45) is 0 Å². The summed E-state index contributed by atoms with van der Waals surface area (Å²) in [5.41, 5.74) is 0.476. The minimum absolute atomic E-state index is 0.0452. The molecule has 1 amide bonds. The largest absolute Gasteiger partial charge is 0.356 e. The second kappa shape index (κ2) is 9.64. The van der Waals surface area contributed by atoms with E-state index in [4.69, 9.17) is 0 Å². The van der Waals surface area contributed by atoms with Crippen LogP contribution in [-0.2, 0) is 14.8 Å². The van der Waals surface area contributed by atoms with Gasteiger partial charge in [0.1, 0.15) is 5.69 Å². The molecule has 8 heteroatoms. The van der Waals surface area contributed by atoms with Crippen LogP contribution in [0.15, 0.2) is 48.5 Å². The standard InChI is InChI=1S/C20H24F2N2O3S/c1-15(16-8-4-3-5-9-16)14-23-19(25)12-7-13-24(28(2,26)27)20-17(21)10-6-11-18(20)22/h3-6,8-11,15H,7,12-14H2,1-2H3,(H,23,25). The van der Waals surface area contributed by atoms with Gasteiger partial charge in [-0.05, 0) is 30.0 Å². The molecular formula is C20H24F2N2O3S. The topological polar surface area (TPSA) is 66.5 Å². The fourth-order valence-corrected chi connectivity index (χ4v) is 3.78. The number of rotatable bonds is 9. The molecular weight excluding hydrogens is 386 g/mol. The van der Waals surface area contributed by atoms with Crippen molar-refractivity contribution in [3.05, 3.63) is 65.7 Å². The van der Waals surface area contributed by atoms with E-state index in [-0.39, 0.29) is 31.2 Å². The maximum absolute atomic E-state index is 14.0. The number of sulfonamides is 1. The minimum Gasteiger partial charge on any atom is -0.356 e. The van der Waals surface area contributed by atoms with Crippen molar-refractivity contribution in [1.82, 2.24) is 5.32 Å². The van der Waals surface area contributed by atoms with Crippen LogP contribution in [0, 0.1) is 11.6 Å². The van der Waals surface area contributed by atoms with E-state index >= 15 is 0 Å². The lowest BCUT2D eigenvalue weighted by atomic mass is 10.0. The lowest BCUT2D eigenvalue weighted by Crippen LogP contribution is -2.34. The molecule has 0 spiro atoms. The molecule has 0 fully saturated rings. The van der Waals surface area contributed by atoms with Crippen LogP contribution in [0.4, 0.5) is 14.5 Å². The van der Waals surface area contributed by atoms with Gasteiger partial charge in [-0.1, -0.05) is 43.3 Å². The van der Waals surface area contributed by atoms with E-state index in [1.807, 2.05) is 37.3 Å². The van der Waals surface area contributed by atoms with Crippen molar-refractivity contribution < 1.29 is 22.0 Å². The Morgan fingerprint density at radius 2 is 1.68 bits per heavy atom. The summed E-state index contributed by atoms with van der Waals surface area (Å²) >= 11 is 0. The first kappa shape index (κ1) is 21.8. The molecule has 0 aromatic heterocycles. The normalized spacial score (nSPS) is 12.4. The quantitative estimate of drug-likeness (QED) is 0.689. The number of amides is 1. The smallest absolute Gasteiger partial charge is 0.232 e. The van der Waals surface area contributed by atoms with Gasteiger partial charge < -0.3 is 5.32 Å². The van der Waals surface area contributed by atoms with Crippen LogP contribution in [-0.4, -0.2) is 33.7 Å². The number of hydrogen-bond acceptors (Lipinski definition) is 3. The van der Waals surface area contributed by atoms with Crippen molar-refractivity contribution in [2.75, 3.05) is 23.7 Å². The Hall–Kier alpha value is -2.48. The fourth-order valence-electron chi connectivity index (χ4n) is 2.81. The summed E-state index contributed by atoms with van der Waals surface area (Å²) in [6.45, 7) is 2.24. The number of carbonyl (C=O) groups excluding carboxylic acids is 1. The van der Waals surface area contributed by atoms with Gasteiger partial charge in [-0.15, -0.1) is 0 Å². The SMILES string of the molecule is CC(CNC(=O)CCCN(c1c(F)cccc1F)S(C)(=O)=O)c1ccccc1. The highest BCUT2D eigenvalue weighted by molar-refractivity contribution is 7.92. The molecule has 0 saturated carbocycles. The second-order valence-corrected chi connectivity index (χ2v) is 8.53. The second-order valence-electron chi connectivity index (χ2n) is 6.62. The third-order valence-corrected chi connectivity index (χ3v) is 5.49. The molecule has 0 saturated heterocycles. The Bertz CT molecular complexity index is 885. The lowest BCUT2D eigenvalue weighted by Gasteiger charge is -2.23. The third-order valence-electron chi connectivity index (χ3n) is 4.33. The van der Waals surface area contributed by atoms with E-state index in [2.05, 4.69) is 5.32 Å². The number of nitrogens with zero attached hydrogens (tertiary/aromatic N) is 1. The summed E-state index contributed by atoms with van der Waals surface area (Å²) in [6.07, 6.45) is 1.05. The Balaban J connectivity index is 1.91. The zero-order chi connectivity index (χ0) is 20.7. The Morgan fingerprint density at radius 3 is 2.25 bits per heavy atom. The summed E-state index contributed by atoms with van der Waals surface area (Å²) in [5.74, 6) is -2.05. The molecule has 152 valence electrons. The number of para-hydroxylation sites is 1. The summed E-state index contributed by atoms with van der Waals surface area (Å²) in [6, 6.07) is 12.9. The molecule has 0 aliphatic heterocycles. The predicted octanol–water partition coefficient (Wildman–Crippen LogP) is 3.43. The van der Waals surface area contributed by atoms with E-state index in [1.54, 1.807) is 0 Å². The number of carbonyl (C=O) groups is 1. The maximum Gasteiger partial charge on any atom is 0.232 e. The lowest BCUT2D eigenvalue weighted by molar-refractivity contribution is -0.121. The van der Waals surface area contributed by atoms with Gasteiger partial charge in [0.25, 0.3) is 0 Å². The van der Waals surface area contributed by atoms with Gasteiger partial charge in [0, 0.05) is 19.5 Å². The number of halogens is 2. The summed E-state index contributed by atoms with van der Waals surface area (Å²) in [7, 11) is -3.90. The molecule has 0 bridgehead atoms. The number of anilines is 1. The van der Waals surface area contributed by atoms with Crippen molar-refractivity contribution >= 4 is 21.6 Å². The molecule has 2 aromatic rings. The van der Waals surface area contributed by atoms with Gasteiger partial charge in [-0.2, -0.15) is 0 Å². The Labute approximate surface area is 164 Å². The molecule has 28 heavy (non-hydrogen) atoms. The van der Waals surface area contributed by atoms with Crippen LogP contribution >= 0.6 is 0 Å². The van der Waals surface area contributed by atoms with Crippen molar-refractivity contribution in [1.29, 1.82) is 0 Å². The van der Waals surface area contributed by atoms with E-state index in [0.29, 0.717) is 10.8 Å². The zero-order valence-corrected chi connectivity index (χ0v) is 16.7. The molecule has 2 aromatic carbocycles. The van der Waals surface area contributed by atoms with Crippen LogP contribution in [0.1, 0.15) is 31.2 Å². The third kappa shape index (κ3) is 6.02. The van der Waals surface area contributed by atoms with Crippen molar-refractivity contribution in [2.45, 2.75) is 25.7 Å². The van der Waals surface area contributed by atoms with Crippen LogP contribution in [0.3, 0.4) is 0 Å². The van der Waals surface area contributed by atoms with Gasteiger partial charge in [-0.25, -0.2) is 17.2 Å². The Kier molecular flexibility index (Phi) is 7.51. The highest BCUT2D eigenvalue weighted by atomic mass is 32.2. The molecule has 0 heterocycles. The summed E-state index contributed by atoms with van der Waals surface area (Å²) in [4.78, 5) is 12.1. The van der Waals surface area contributed by atoms with Crippen LogP contribution in [0.5, 0.6) is 0 Å². The van der Waals surface area contributed by atoms with E-state index < -0.39 is 27.3 Å². The molecule has 0 radical (unpaired) electrons. The summed E-state index contributed by atoms with van der Waals surface area (Å²) < 4.78 is 52.5. The number of nitrogens with one attached hydrogen (secondary N) is 1.